The van der Waals surface area contributed by atoms with Crippen LogP contribution in [0.4, 0.5) is 17.1 Å². The zero-order valence-corrected chi connectivity index (χ0v) is 17.7. The van der Waals surface area contributed by atoms with Gasteiger partial charge in [0.1, 0.15) is 0 Å². The van der Waals surface area contributed by atoms with E-state index in [1.165, 1.54) is 6.07 Å². The number of fused-ring (bicyclic) bond motifs is 1. The van der Waals surface area contributed by atoms with Crippen LogP contribution in [0.2, 0.25) is 0 Å². The lowest BCUT2D eigenvalue weighted by atomic mass is 10.1. The smallest absolute Gasteiger partial charge is 0.278 e. The van der Waals surface area contributed by atoms with Gasteiger partial charge in [-0.15, -0.1) is 0 Å². The normalized spacial score (nSPS) is 14.6. The molecule has 2 aromatic carbocycles. The molecule has 1 fully saturated rings. The molecule has 0 bridgehead atoms. The molecule has 154 valence electrons. The van der Waals surface area contributed by atoms with Crippen LogP contribution in [0.3, 0.4) is 0 Å². The van der Waals surface area contributed by atoms with Crippen LogP contribution in [-0.2, 0) is 4.79 Å². The van der Waals surface area contributed by atoms with Gasteiger partial charge < -0.3 is 10.2 Å². The second-order valence-corrected chi connectivity index (χ2v) is 8.02. The Balaban J connectivity index is 1.41. The molecule has 0 unspecified atom stereocenters. The molecular formula is C21H20BrN5O3. The SMILES string of the molecule is O=C(CN1CCN(c2ccc([N+](=O)[O-])c3cnccc23)CC1)Nc1cccc(Br)c1. The minimum absolute atomic E-state index is 0.0478. The van der Waals surface area contributed by atoms with Gasteiger partial charge in [0.15, 0.2) is 0 Å². The van der Waals surface area contributed by atoms with E-state index in [1.807, 2.05) is 30.3 Å². The minimum Gasteiger partial charge on any atom is -0.368 e. The number of carbonyl (C=O) groups is 1. The van der Waals surface area contributed by atoms with Crippen LogP contribution in [-0.4, -0.2) is 53.4 Å². The number of nitro benzene ring substituents is 1. The Labute approximate surface area is 181 Å². The van der Waals surface area contributed by atoms with E-state index in [0.29, 0.717) is 11.9 Å². The zero-order chi connectivity index (χ0) is 21.1. The van der Waals surface area contributed by atoms with Crippen molar-refractivity contribution in [3.8, 4) is 0 Å². The predicted molar refractivity (Wildman–Crippen MR) is 120 cm³/mol. The average Bonchev–Trinajstić information content (AvgIpc) is 2.73. The Morgan fingerprint density at radius 3 is 2.67 bits per heavy atom. The number of amides is 1. The fraction of sp³-hybridized carbons (Fsp3) is 0.238. The summed E-state index contributed by atoms with van der Waals surface area (Å²) < 4.78 is 0.916. The van der Waals surface area contributed by atoms with Crippen molar-refractivity contribution in [1.82, 2.24) is 9.88 Å². The zero-order valence-electron chi connectivity index (χ0n) is 16.1. The fourth-order valence-corrected chi connectivity index (χ4v) is 4.11. The van der Waals surface area contributed by atoms with E-state index in [2.05, 4.69) is 36.0 Å². The number of anilines is 2. The molecule has 0 radical (unpaired) electrons. The van der Waals surface area contributed by atoms with Crippen molar-refractivity contribution in [1.29, 1.82) is 0 Å². The van der Waals surface area contributed by atoms with Gasteiger partial charge in [-0.1, -0.05) is 22.0 Å². The number of carbonyl (C=O) groups excluding carboxylic acids is 1. The summed E-state index contributed by atoms with van der Waals surface area (Å²) in [6, 6.07) is 12.7. The summed E-state index contributed by atoms with van der Waals surface area (Å²) >= 11 is 3.40. The largest absolute Gasteiger partial charge is 0.368 e. The summed E-state index contributed by atoms with van der Waals surface area (Å²) in [7, 11) is 0. The van der Waals surface area contributed by atoms with Gasteiger partial charge in [0, 0.05) is 65.9 Å². The number of piperazine rings is 1. The number of nitro groups is 1. The van der Waals surface area contributed by atoms with Crippen molar-refractivity contribution in [2.45, 2.75) is 0 Å². The molecule has 2 heterocycles. The molecule has 1 saturated heterocycles. The van der Waals surface area contributed by atoms with Crippen molar-refractivity contribution in [3.63, 3.8) is 0 Å². The Kier molecular flexibility index (Phi) is 5.91. The van der Waals surface area contributed by atoms with Crippen molar-refractivity contribution in [2.75, 3.05) is 42.9 Å². The molecule has 1 aliphatic rings. The summed E-state index contributed by atoms with van der Waals surface area (Å²) in [5, 5.41) is 15.6. The third-order valence-electron chi connectivity index (χ3n) is 5.16. The van der Waals surface area contributed by atoms with Gasteiger partial charge in [0.05, 0.1) is 16.9 Å². The van der Waals surface area contributed by atoms with Crippen molar-refractivity contribution in [2.24, 2.45) is 0 Å². The van der Waals surface area contributed by atoms with Crippen LogP contribution in [0.15, 0.2) is 59.3 Å². The molecule has 8 nitrogen and oxygen atoms in total. The molecule has 30 heavy (non-hydrogen) atoms. The summed E-state index contributed by atoms with van der Waals surface area (Å²) in [6.45, 7) is 3.26. The molecule has 1 aromatic heterocycles. The molecule has 9 heteroatoms. The third-order valence-corrected chi connectivity index (χ3v) is 5.65. The molecule has 4 rings (SSSR count). The average molecular weight is 470 g/mol. The first kappa shape index (κ1) is 20.2. The van der Waals surface area contributed by atoms with E-state index >= 15 is 0 Å². The summed E-state index contributed by atoms with van der Waals surface area (Å²) in [5.41, 5.74) is 1.78. The van der Waals surface area contributed by atoms with Crippen LogP contribution < -0.4 is 10.2 Å². The Morgan fingerprint density at radius 2 is 1.93 bits per heavy atom. The monoisotopic (exact) mass is 469 g/mol. The highest BCUT2D eigenvalue weighted by atomic mass is 79.9. The van der Waals surface area contributed by atoms with E-state index in [-0.39, 0.29) is 16.5 Å². The maximum absolute atomic E-state index is 12.4. The number of rotatable bonds is 5. The van der Waals surface area contributed by atoms with E-state index in [9.17, 15) is 14.9 Å². The van der Waals surface area contributed by atoms with Crippen molar-refractivity contribution < 1.29 is 9.72 Å². The van der Waals surface area contributed by atoms with Crippen LogP contribution in [0, 0.1) is 10.1 Å². The minimum atomic E-state index is -0.379. The van der Waals surface area contributed by atoms with E-state index < -0.39 is 0 Å². The van der Waals surface area contributed by atoms with Crippen LogP contribution >= 0.6 is 15.9 Å². The number of aromatic nitrogens is 1. The second kappa shape index (κ2) is 8.76. The quantitative estimate of drug-likeness (QED) is 0.452. The molecule has 0 atom stereocenters. The highest BCUT2D eigenvalue weighted by molar-refractivity contribution is 9.10. The van der Waals surface area contributed by atoms with Crippen LogP contribution in [0.25, 0.3) is 10.8 Å². The molecule has 0 spiro atoms. The maximum Gasteiger partial charge on any atom is 0.278 e. The maximum atomic E-state index is 12.4. The lowest BCUT2D eigenvalue weighted by Gasteiger charge is -2.36. The molecule has 0 saturated carbocycles. The number of pyridine rings is 1. The molecular weight excluding hydrogens is 450 g/mol. The molecule has 1 aliphatic heterocycles. The molecule has 0 aliphatic carbocycles. The first-order chi connectivity index (χ1) is 14.5. The first-order valence-corrected chi connectivity index (χ1v) is 10.3. The number of non-ortho nitro benzene ring substituents is 1. The van der Waals surface area contributed by atoms with Crippen LogP contribution in [0.5, 0.6) is 0 Å². The van der Waals surface area contributed by atoms with Gasteiger partial charge in [-0.05, 0) is 30.3 Å². The van der Waals surface area contributed by atoms with Crippen molar-refractivity contribution in [3.05, 3.63) is 69.4 Å². The number of benzene rings is 2. The standard InChI is InChI=1S/C21H20BrN5O3/c22-15-2-1-3-16(12-15)24-21(28)14-25-8-10-26(11-9-25)19-4-5-20(27(29)30)18-13-23-7-6-17(18)19/h1-7,12-13H,8-11,14H2,(H,24,28). The lowest BCUT2D eigenvalue weighted by Crippen LogP contribution is -2.48. The van der Waals surface area contributed by atoms with E-state index in [0.717, 1.165) is 47.4 Å². The number of hydrogen-bond donors (Lipinski definition) is 1. The fourth-order valence-electron chi connectivity index (χ4n) is 3.71. The first-order valence-electron chi connectivity index (χ1n) is 9.55. The predicted octanol–water partition coefficient (Wildman–Crippen LogP) is 3.67. The number of nitrogens with zero attached hydrogens (tertiary/aromatic N) is 4. The number of halogens is 1. The highest BCUT2D eigenvalue weighted by Crippen LogP contribution is 2.33. The summed E-state index contributed by atoms with van der Waals surface area (Å²) in [6.07, 6.45) is 3.19. The number of hydrogen-bond acceptors (Lipinski definition) is 6. The molecule has 3 aromatic rings. The number of nitrogens with one attached hydrogen (secondary N) is 1. The van der Waals surface area contributed by atoms with Gasteiger partial charge in [0.25, 0.3) is 5.69 Å². The van der Waals surface area contributed by atoms with E-state index in [4.69, 9.17) is 0 Å². The molecule has 1 N–H and O–H groups in total. The van der Waals surface area contributed by atoms with Gasteiger partial charge in [-0.3, -0.25) is 24.8 Å². The van der Waals surface area contributed by atoms with Gasteiger partial charge >= 0.3 is 0 Å². The Bertz CT molecular complexity index is 1100. The van der Waals surface area contributed by atoms with Gasteiger partial charge in [-0.25, -0.2) is 0 Å². The second-order valence-electron chi connectivity index (χ2n) is 7.10. The Hall–Kier alpha value is -3.04. The Morgan fingerprint density at radius 1 is 1.13 bits per heavy atom. The summed E-state index contributed by atoms with van der Waals surface area (Å²) in [4.78, 5) is 31.7. The third kappa shape index (κ3) is 4.42. The van der Waals surface area contributed by atoms with E-state index in [1.54, 1.807) is 18.5 Å². The topological polar surface area (TPSA) is 91.6 Å². The van der Waals surface area contributed by atoms with Crippen LogP contribution in [0.1, 0.15) is 0 Å². The highest BCUT2D eigenvalue weighted by Gasteiger charge is 2.22. The lowest BCUT2D eigenvalue weighted by molar-refractivity contribution is -0.383. The summed E-state index contributed by atoms with van der Waals surface area (Å²) in [5.74, 6) is -0.0478. The van der Waals surface area contributed by atoms with Gasteiger partial charge in [0.2, 0.25) is 5.91 Å². The molecule has 1 amide bonds. The van der Waals surface area contributed by atoms with Crippen molar-refractivity contribution >= 4 is 49.7 Å². The van der Waals surface area contributed by atoms with Gasteiger partial charge in [-0.2, -0.15) is 0 Å².